The van der Waals surface area contributed by atoms with E-state index in [4.69, 9.17) is 0 Å². The number of aliphatic hydroxyl groups excluding tert-OH is 1. The first kappa shape index (κ1) is 21.4. The Hall–Kier alpha value is -3.42. The van der Waals surface area contributed by atoms with Crippen LogP contribution in [0.25, 0.3) is 22.0 Å². The largest absolute Gasteiger partial charge is 0.396 e. The molecule has 6 nitrogen and oxygen atoms in total. The Kier molecular flexibility index (Phi) is 5.98. The Labute approximate surface area is 195 Å². The third-order valence-electron chi connectivity index (χ3n) is 5.84. The van der Waals surface area contributed by atoms with Crippen LogP contribution in [0, 0.1) is 0 Å². The molecule has 0 saturated heterocycles. The molecule has 1 amide bonds. The highest BCUT2D eigenvalue weighted by Gasteiger charge is 2.29. The van der Waals surface area contributed by atoms with E-state index in [-0.39, 0.29) is 29.9 Å². The third kappa shape index (κ3) is 4.05. The summed E-state index contributed by atoms with van der Waals surface area (Å²) in [6.45, 7) is 0.324. The zero-order valence-electron chi connectivity index (χ0n) is 17.9. The van der Waals surface area contributed by atoms with E-state index in [1.807, 2.05) is 42.5 Å². The van der Waals surface area contributed by atoms with Crippen molar-refractivity contribution in [1.82, 2.24) is 14.9 Å². The number of nitrogens with zero attached hydrogens (tertiary/aromatic N) is 2. The molecule has 0 spiro atoms. The summed E-state index contributed by atoms with van der Waals surface area (Å²) in [4.78, 5) is 30.6. The molecule has 0 bridgehead atoms. The molecule has 0 saturated carbocycles. The Morgan fingerprint density at radius 3 is 2.30 bits per heavy atom. The molecule has 1 aliphatic carbocycles. The van der Waals surface area contributed by atoms with Crippen LogP contribution in [0.3, 0.4) is 0 Å². The summed E-state index contributed by atoms with van der Waals surface area (Å²) < 4.78 is 1.55. The maximum Gasteiger partial charge on any atom is 0.262 e. The van der Waals surface area contributed by atoms with Gasteiger partial charge >= 0.3 is 0 Å². The van der Waals surface area contributed by atoms with Gasteiger partial charge in [0.1, 0.15) is 0 Å². The molecule has 1 aromatic heterocycles. The van der Waals surface area contributed by atoms with E-state index in [1.54, 1.807) is 22.8 Å². The fourth-order valence-electron chi connectivity index (χ4n) is 4.33. The van der Waals surface area contributed by atoms with Gasteiger partial charge in [0.25, 0.3) is 5.56 Å². The monoisotopic (exact) mass is 457 g/mol. The summed E-state index contributed by atoms with van der Waals surface area (Å²) >= 11 is 1.24. The predicted molar refractivity (Wildman–Crippen MR) is 130 cm³/mol. The van der Waals surface area contributed by atoms with Crippen molar-refractivity contribution in [2.75, 3.05) is 12.4 Å². The first-order valence-electron chi connectivity index (χ1n) is 10.9. The fourth-order valence-corrected chi connectivity index (χ4v) is 5.16. The van der Waals surface area contributed by atoms with Crippen molar-refractivity contribution in [1.29, 1.82) is 0 Å². The summed E-state index contributed by atoms with van der Waals surface area (Å²) in [6, 6.07) is 23.2. The molecule has 4 aromatic rings. The molecule has 3 aromatic carbocycles. The van der Waals surface area contributed by atoms with Crippen LogP contribution in [0.5, 0.6) is 0 Å². The number of carbonyl (C=O) groups is 1. The normalized spacial score (nSPS) is 12.5. The van der Waals surface area contributed by atoms with Crippen LogP contribution < -0.4 is 10.9 Å². The average Bonchev–Trinajstić information content (AvgIpc) is 3.16. The van der Waals surface area contributed by atoms with Crippen molar-refractivity contribution in [2.45, 2.75) is 24.2 Å². The quantitative estimate of drug-likeness (QED) is 0.326. The van der Waals surface area contributed by atoms with Gasteiger partial charge in [0, 0.05) is 13.2 Å². The van der Waals surface area contributed by atoms with Gasteiger partial charge in [-0.2, -0.15) is 0 Å². The summed E-state index contributed by atoms with van der Waals surface area (Å²) in [5, 5.41) is 13.4. The van der Waals surface area contributed by atoms with Gasteiger partial charge in [0.05, 0.1) is 22.7 Å². The van der Waals surface area contributed by atoms with Crippen LogP contribution >= 0.6 is 11.8 Å². The lowest BCUT2D eigenvalue weighted by atomic mass is 10.1. The number of aromatic nitrogens is 2. The number of para-hydroxylation sites is 1. The van der Waals surface area contributed by atoms with E-state index in [2.05, 4.69) is 22.4 Å². The van der Waals surface area contributed by atoms with Crippen LogP contribution in [0.2, 0.25) is 0 Å². The topological polar surface area (TPSA) is 84.2 Å². The molecule has 0 atom stereocenters. The first-order chi connectivity index (χ1) is 16.2. The van der Waals surface area contributed by atoms with E-state index in [9.17, 15) is 14.7 Å². The van der Waals surface area contributed by atoms with Crippen LogP contribution in [0.1, 0.15) is 23.6 Å². The minimum Gasteiger partial charge on any atom is -0.396 e. The van der Waals surface area contributed by atoms with E-state index in [1.165, 1.54) is 11.8 Å². The second kappa shape index (κ2) is 9.21. The maximum atomic E-state index is 13.0. The molecule has 33 heavy (non-hydrogen) atoms. The highest BCUT2D eigenvalue weighted by Crippen LogP contribution is 2.43. The van der Waals surface area contributed by atoms with Gasteiger partial charge in [0.15, 0.2) is 5.16 Å². The lowest BCUT2D eigenvalue weighted by molar-refractivity contribution is -0.119. The number of rotatable bonds is 7. The Morgan fingerprint density at radius 2 is 1.61 bits per heavy atom. The molecule has 0 unspecified atom stereocenters. The number of thioether (sulfide) groups is 1. The molecule has 0 aliphatic heterocycles. The molecule has 166 valence electrons. The predicted octanol–water partition coefficient (Wildman–Crippen LogP) is 3.76. The average molecular weight is 458 g/mol. The van der Waals surface area contributed by atoms with Crippen LogP contribution in [0.15, 0.2) is 82.7 Å². The number of amides is 1. The van der Waals surface area contributed by atoms with Crippen LogP contribution in [0.4, 0.5) is 0 Å². The molecule has 2 N–H and O–H groups in total. The molecule has 0 radical (unpaired) electrons. The first-order valence-corrected chi connectivity index (χ1v) is 11.9. The van der Waals surface area contributed by atoms with Gasteiger partial charge in [-0.25, -0.2) is 4.98 Å². The highest BCUT2D eigenvalue weighted by molar-refractivity contribution is 7.99. The zero-order chi connectivity index (χ0) is 22.8. The number of nitrogens with one attached hydrogen (secondary N) is 1. The molecule has 1 aliphatic rings. The van der Waals surface area contributed by atoms with E-state index in [0.717, 1.165) is 22.3 Å². The zero-order valence-corrected chi connectivity index (χ0v) is 18.7. The number of fused-ring (bicyclic) bond motifs is 4. The number of hydrogen-bond acceptors (Lipinski definition) is 5. The number of aliphatic hydroxyl groups is 1. The minimum atomic E-state index is -0.202. The molecule has 1 heterocycles. The minimum absolute atomic E-state index is 0.0235. The van der Waals surface area contributed by atoms with Crippen molar-refractivity contribution < 1.29 is 9.90 Å². The van der Waals surface area contributed by atoms with Crippen molar-refractivity contribution in [3.63, 3.8) is 0 Å². The second-order valence-corrected chi connectivity index (χ2v) is 8.85. The number of benzene rings is 3. The standard InChI is InChI=1S/C26H23N3O3S/c30-15-7-14-29-25(32)21-12-5-6-13-22(21)27-26(29)33-16-23(31)28-24-19-10-3-1-8-17(19)18-9-2-4-11-20(18)24/h1-6,8-13,24,30H,7,14-16H2,(H,28,31). The molecular formula is C26H23N3O3S. The number of carbonyl (C=O) groups excluding carboxylic acids is 1. The molecule has 5 rings (SSSR count). The van der Waals surface area contributed by atoms with Gasteiger partial charge in [-0.15, -0.1) is 0 Å². The lowest BCUT2D eigenvalue weighted by Gasteiger charge is -2.16. The summed E-state index contributed by atoms with van der Waals surface area (Å²) in [7, 11) is 0. The van der Waals surface area contributed by atoms with Gasteiger partial charge in [0.2, 0.25) is 5.91 Å². The summed E-state index contributed by atoms with van der Waals surface area (Å²) in [6.07, 6.45) is 0.440. The molecular weight excluding hydrogens is 434 g/mol. The summed E-state index contributed by atoms with van der Waals surface area (Å²) in [5.74, 6) is -0.00213. The van der Waals surface area contributed by atoms with Gasteiger partial charge in [-0.1, -0.05) is 72.4 Å². The Bertz CT molecular complexity index is 1350. The van der Waals surface area contributed by atoms with Crippen molar-refractivity contribution in [3.8, 4) is 11.1 Å². The van der Waals surface area contributed by atoms with Gasteiger partial charge < -0.3 is 10.4 Å². The third-order valence-corrected chi connectivity index (χ3v) is 6.81. The van der Waals surface area contributed by atoms with Crippen molar-refractivity contribution in [3.05, 3.63) is 94.3 Å². The van der Waals surface area contributed by atoms with E-state index < -0.39 is 0 Å². The molecule has 0 fully saturated rings. The SMILES string of the molecule is O=C(CSc1nc2ccccc2c(=O)n1CCCO)NC1c2ccccc2-c2ccccc21. The Balaban J connectivity index is 1.38. The summed E-state index contributed by atoms with van der Waals surface area (Å²) in [5.41, 5.74) is 4.89. The fraction of sp³-hybridized carbons (Fsp3) is 0.192. The second-order valence-electron chi connectivity index (χ2n) is 7.91. The Morgan fingerprint density at radius 1 is 0.970 bits per heavy atom. The van der Waals surface area contributed by atoms with Crippen molar-refractivity contribution in [2.24, 2.45) is 0 Å². The van der Waals surface area contributed by atoms with Gasteiger partial charge in [-0.05, 0) is 40.8 Å². The van der Waals surface area contributed by atoms with Gasteiger partial charge in [-0.3, -0.25) is 14.2 Å². The van der Waals surface area contributed by atoms with Crippen LogP contribution in [-0.4, -0.2) is 32.9 Å². The lowest BCUT2D eigenvalue weighted by Crippen LogP contribution is -2.30. The van der Waals surface area contributed by atoms with E-state index >= 15 is 0 Å². The smallest absolute Gasteiger partial charge is 0.262 e. The van der Waals surface area contributed by atoms with Crippen molar-refractivity contribution >= 4 is 28.6 Å². The van der Waals surface area contributed by atoms with Crippen LogP contribution in [-0.2, 0) is 11.3 Å². The highest BCUT2D eigenvalue weighted by atomic mass is 32.2. The maximum absolute atomic E-state index is 13.0. The number of hydrogen-bond donors (Lipinski definition) is 2. The van der Waals surface area contributed by atoms with E-state index in [0.29, 0.717) is 29.0 Å². The molecule has 7 heteroatoms.